The van der Waals surface area contributed by atoms with Gasteiger partial charge in [-0.05, 0) is 36.2 Å². The summed E-state index contributed by atoms with van der Waals surface area (Å²) in [4.78, 5) is 14.3. The zero-order valence-corrected chi connectivity index (χ0v) is 14.7. The fraction of sp³-hybridized carbons (Fsp3) is 0.190. The Kier molecular flexibility index (Phi) is 5.66. The third kappa shape index (κ3) is 4.41. The van der Waals surface area contributed by atoms with E-state index in [9.17, 15) is 18.7 Å². The van der Waals surface area contributed by atoms with Crippen LogP contribution in [0.25, 0.3) is 0 Å². The van der Waals surface area contributed by atoms with Crippen LogP contribution in [0.1, 0.15) is 33.3 Å². The smallest absolute Gasteiger partial charge is 0.257 e. The molecule has 1 aromatic heterocycles. The third-order valence-electron chi connectivity index (χ3n) is 4.25. The van der Waals surface area contributed by atoms with Gasteiger partial charge in [0.15, 0.2) is 0 Å². The predicted octanol–water partition coefficient (Wildman–Crippen LogP) is 4.24. The minimum absolute atomic E-state index is 0.100. The van der Waals surface area contributed by atoms with E-state index in [1.165, 1.54) is 24.2 Å². The van der Waals surface area contributed by atoms with E-state index in [1.807, 2.05) is 30.3 Å². The van der Waals surface area contributed by atoms with Gasteiger partial charge in [0, 0.05) is 12.6 Å². The van der Waals surface area contributed by atoms with Crippen molar-refractivity contribution >= 4 is 5.91 Å². The zero-order chi connectivity index (χ0) is 19.4. The molecule has 1 heterocycles. The first-order valence-corrected chi connectivity index (χ1v) is 8.46. The van der Waals surface area contributed by atoms with Crippen LogP contribution in [0.5, 0.6) is 0 Å². The monoisotopic (exact) mass is 371 g/mol. The number of aliphatic hydroxyl groups is 1. The Hall–Kier alpha value is -2.99. The van der Waals surface area contributed by atoms with Gasteiger partial charge in [-0.1, -0.05) is 30.3 Å². The lowest BCUT2D eigenvalue weighted by Crippen LogP contribution is -2.35. The van der Waals surface area contributed by atoms with E-state index in [0.29, 0.717) is 11.8 Å². The van der Waals surface area contributed by atoms with Crippen molar-refractivity contribution in [2.24, 2.45) is 0 Å². The summed E-state index contributed by atoms with van der Waals surface area (Å²) in [6, 6.07) is 14.3. The molecule has 4 nitrogen and oxygen atoms in total. The quantitative estimate of drug-likeness (QED) is 0.705. The molecule has 1 unspecified atom stereocenters. The summed E-state index contributed by atoms with van der Waals surface area (Å²) >= 11 is 0. The molecule has 3 rings (SSSR count). The van der Waals surface area contributed by atoms with Crippen molar-refractivity contribution in [2.45, 2.75) is 19.6 Å². The number of rotatable bonds is 6. The third-order valence-corrected chi connectivity index (χ3v) is 4.25. The summed E-state index contributed by atoms with van der Waals surface area (Å²) in [6.45, 7) is 1.52. The molecule has 27 heavy (non-hydrogen) atoms. The summed E-state index contributed by atoms with van der Waals surface area (Å²) in [5.74, 6) is -1.98. The minimum atomic E-state index is -1.07. The molecular weight excluding hydrogens is 352 g/mol. The summed E-state index contributed by atoms with van der Waals surface area (Å²) in [5, 5.41) is 10.4. The Morgan fingerprint density at radius 3 is 2.52 bits per heavy atom. The first-order valence-electron chi connectivity index (χ1n) is 8.46. The van der Waals surface area contributed by atoms with Crippen LogP contribution in [-0.4, -0.2) is 22.5 Å². The van der Waals surface area contributed by atoms with Gasteiger partial charge in [0.05, 0.1) is 18.4 Å². The van der Waals surface area contributed by atoms with Gasteiger partial charge in [-0.25, -0.2) is 8.78 Å². The maximum Gasteiger partial charge on any atom is 0.257 e. The van der Waals surface area contributed by atoms with Crippen molar-refractivity contribution in [1.82, 2.24) is 4.90 Å². The average Bonchev–Trinajstić information content (AvgIpc) is 3.19. The van der Waals surface area contributed by atoms with E-state index in [-0.39, 0.29) is 24.2 Å². The largest absolute Gasteiger partial charge is 0.467 e. The number of carbonyl (C=O) groups excluding carboxylic acids is 1. The lowest BCUT2D eigenvalue weighted by Gasteiger charge is -2.25. The van der Waals surface area contributed by atoms with E-state index in [4.69, 9.17) is 4.42 Å². The Morgan fingerprint density at radius 1 is 1.11 bits per heavy atom. The Balaban J connectivity index is 1.90. The fourth-order valence-electron chi connectivity index (χ4n) is 2.79. The van der Waals surface area contributed by atoms with Crippen LogP contribution in [0, 0.1) is 18.6 Å². The van der Waals surface area contributed by atoms with Gasteiger partial charge in [-0.2, -0.15) is 0 Å². The van der Waals surface area contributed by atoms with Crippen LogP contribution in [0.4, 0.5) is 8.78 Å². The van der Waals surface area contributed by atoms with Gasteiger partial charge < -0.3 is 14.4 Å². The molecule has 0 fully saturated rings. The number of aryl methyl sites for hydroxylation is 1. The van der Waals surface area contributed by atoms with Gasteiger partial charge >= 0.3 is 0 Å². The summed E-state index contributed by atoms with van der Waals surface area (Å²) < 4.78 is 33.0. The van der Waals surface area contributed by atoms with E-state index < -0.39 is 23.6 Å². The predicted molar refractivity (Wildman–Crippen MR) is 95.9 cm³/mol. The normalized spacial score (nSPS) is 12.0. The van der Waals surface area contributed by atoms with Gasteiger partial charge in [-0.15, -0.1) is 0 Å². The molecule has 140 valence electrons. The van der Waals surface area contributed by atoms with Crippen molar-refractivity contribution < 1.29 is 23.1 Å². The Morgan fingerprint density at radius 2 is 1.85 bits per heavy atom. The second-order valence-electron chi connectivity index (χ2n) is 6.28. The maximum atomic E-state index is 14.2. The van der Waals surface area contributed by atoms with Crippen molar-refractivity contribution in [3.63, 3.8) is 0 Å². The fourth-order valence-corrected chi connectivity index (χ4v) is 2.79. The van der Waals surface area contributed by atoms with Crippen LogP contribution in [0.2, 0.25) is 0 Å². The molecule has 0 aliphatic rings. The van der Waals surface area contributed by atoms with E-state index in [1.54, 1.807) is 12.1 Å². The lowest BCUT2D eigenvalue weighted by molar-refractivity contribution is 0.0559. The second kappa shape index (κ2) is 8.14. The highest BCUT2D eigenvalue weighted by Gasteiger charge is 2.24. The highest BCUT2D eigenvalue weighted by molar-refractivity contribution is 5.94. The van der Waals surface area contributed by atoms with Crippen molar-refractivity contribution in [3.8, 4) is 0 Å². The molecular formula is C21H19F2NO3. The number of amides is 1. The minimum Gasteiger partial charge on any atom is -0.467 e. The molecule has 1 N–H and O–H groups in total. The van der Waals surface area contributed by atoms with Crippen molar-refractivity contribution in [2.75, 3.05) is 6.54 Å². The molecule has 0 saturated carbocycles. The van der Waals surface area contributed by atoms with Gasteiger partial charge in [0.25, 0.3) is 5.91 Å². The molecule has 3 aromatic rings. The number of hydrogen-bond donors (Lipinski definition) is 1. The van der Waals surface area contributed by atoms with Crippen LogP contribution in [0.15, 0.2) is 65.3 Å². The van der Waals surface area contributed by atoms with E-state index in [2.05, 4.69) is 0 Å². The molecule has 0 aliphatic heterocycles. The second-order valence-corrected chi connectivity index (χ2v) is 6.28. The average molecular weight is 371 g/mol. The van der Waals surface area contributed by atoms with Crippen LogP contribution < -0.4 is 0 Å². The first-order chi connectivity index (χ1) is 13.0. The maximum absolute atomic E-state index is 14.2. The lowest BCUT2D eigenvalue weighted by atomic mass is 10.1. The number of halogens is 2. The van der Waals surface area contributed by atoms with Gasteiger partial charge in [0.2, 0.25) is 0 Å². The molecule has 0 spiro atoms. The number of carbonyl (C=O) groups is 1. The molecule has 0 bridgehead atoms. The van der Waals surface area contributed by atoms with Gasteiger partial charge in [-0.3, -0.25) is 4.79 Å². The van der Waals surface area contributed by atoms with Gasteiger partial charge in [0.1, 0.15) is 23.5 Å². The van der Waals surface area contributed by atoms with Crippen LogP contribution in [0.3, 0.4) is 0 Å². The topological polar surface area (TPSA) is 53.7 Å². The first kappa shape index (κ1) is 18.8. The zero-order valence-electron chi connectivity index (χ0n) is 14.7. The number of nitrogens with zero attached hydrogens (tertiary/aromatic N) is 1. The summed E-state index contributed by atoms with van der Waals surface area (Å²) in [6.07, 6.45) is 0.350. The standard InChI is InChI=1S/C21H19F2NO3/c1-14-10-16(18(23)11-17(14)22)21(26)24(12-15-6-3-2-4-7-15)13-19(25)20-8-5-9-27-20/h2-11,19,25H,12-13H2,1H3. The molecule has 0 aliphatic carbocycles. The molecule has 0 saturated heterocycles. The summed E-state index contributed by atoms with van der Waals surface area (Å²) in [5.41, 5.74) is 0.749. The van der Waals surface area contributed by atoms with E-state index in [0.717, 1.165) is 5.56 Å². The number of benzene rings is 2. The number of hydrogen-bond acceptors (Lipinski definition) is 3. The molecule has 1 amide bonds. The number of aliphatic hydroxyl groups excluding tert-OH is 1. The molecule has 6 heteroatoms. The Bertz CT molecular complexity index is 911. The number of furan rings is 1. The summed E-state index contributed by atoms with van der Waals surface area (Å²) in [7, 11) is 0. The van der Waals surface area contributed by atoms with Crippen LogP contribution in [-0.2, 0) is 6.54 Å². The highest BCUT2D eigenvalue weighted by Crippen LogP contribution is 2.21. The van der Waals surface area contributed by atoms with Crippen LogP contribution >= 0.6 is 0 Å². The van der Waals surface area contributed by atoms with E-state index >= 15 is 0 Å². The van der Waals surface area contributed by atoms with Crippen molar-refractivity contribution in [3.05, 3.63) is 94.9 Å². The Labute approximate surface area is 155 Å². The molecule has 1 atom stereocenters. The SMILES string of the molecule is Cc1cc(C(=O)N(Cc2ccccc2)CC(O)c2ccco2)c(F)cc1F. The van der Waals surface area contributed by atoms with Crippen molar-refractivity contribution in [1.29, 1.82) is 0 Å². The molecule has 0 radical (unpaired) electrons. The highest BCUT2D eigenvalue weighted by atomic mass is 19.1. The molecule has 2 aromatic carbocycles.